The Morgan fingerprint density at radius 3 is 2.00 bits per heavy atom. The van der Waals surface area contributed by atoms with Gasteiger partial charge in [-0.25, -0.2) is 14.4 Å². The van der Waals surface area contributed by atoms with Crippen molar-refractivity contribution in [2.75, 3.05) is 49.1 Å². The van der Waals surface area contributed by atoms with Crippen LogP contribution in [0.2, 0.25) is 5.02 Å². The number of amides is 4. The highest BCUT2D eigenvalue weighted by atomic mass is 35.5. The van der Waals surface area contributed by atoms with Gasteiger partial charge in [-0.15, -0.1) is 0 Å². The maximum absolute atomic E-state index is 14.6. The van der Waals surface area contributed by atoms with Gasteiger partial charge in [-0.3, -0.25) is 29.1 Å². The van der Waals surface area contributed by atoms with Crippen LogP contribution >= 0.6 is 11.6 Å². The number of hydrogen-bond acceptors (Lipinski definition) is 12. The molecule has 15 nitrogen and oxygen atoms in total. The predicted molar refractivity (Wildman–Crippen MR) is 268 cm³/mol. The van der Waals surface area contributed by atoms with Gasteiger partial charge in [0.25, 0.3) is 11.8 Å². The van der Waals surface area contributed by atoms with Crippen molar-refractivity contribution in [2.24, 2.45) is 10.8 Å². The topological polar surface area (TPSA) is 178 Å². The third-order valence-corrected chi connectivity index (χ3v) is 12.2. The number of ether oxygens (including phenoxy) is 4. The van der Waals surface area contributed by atoms with Gasteiger partial charge < -0.3 is 24.3 Å². The lowest BCUT2D eigenvalue weighted by atomic mass is 9.91. The molecular weight excluding hydrogens is 916 g/mol. The van der Waals surface area contributed by atoms with Gasteiger partial charge in [-0.05, 0) is 101 Å². The zero-order chi connectivity index (χ0) is 51.0. The third kappa shape index (κ3) is 14.2. The number of rotatable bonds is 23. The van der Waals surface area contributed by atoms with Crippen LogP contribution in [0.1, 0.15) is 130 Å². The molecule has 70 heavy (non-hydrogen) atoms. The van der Waals surface area contributed by atoms with E-state index in [1.807, 2.05) is 0 Å². The monoisotopic (exact) mass is 980 g/mol. The molecule has 1 aliphatic rings. The molecule has 1 saturated heterocycles. The molecule has 0 aliphatic carbocycles. The van der Waals surface area contributed by atoms with Crippen LogP contribution in [0, 0.1) is 10.8 Å². The number of carbonyl (C=O) groups is 7. The molecule has 4 aromatic carbocycles. The molecule has 0 spiro atoms. The van der Waals surface area contributed by atoms with Gasteiger partial charge in [0, 0.05) is 12.6 Å². The van der Waals surface area contributed by atoms with Crippen molar-refractivity contribution in [3.8, 4) is 5.75 Å². The molecule has 374 valence electrons. The molecule has 0 bridgehead atoms. The van der Waals surface area contributed by atoms with Gasteiger partial charge in [0.2, 0.25) is 11.9 Å². The van der Waals surface area contributed by atoms with Crippen LogP contribution in [0.15, 0.2) is 97.1 Å². The molecule has 0 radical (unpaired) electrons. The Morgan fingerprint density at radius 1 is 0.771 bits per heavy atom. The molecule has 0 aromatic heterocycles. The average Bonchev–Trinajstić information content (AvgIpc) is 3.62. The first kappa shape index (κ1) is 54.2. The lowest BCUT2D eigenvalue weighted by Gasteiger charge is -2.31. The van der Waals surface area contributed by atoms with E-state index in [9.17, 15) is 33.6 Å². The third-order valence-electron chi connectivity index (χ3n) is 11.9. The Hall–Kier alpha value is -6.74. The largest absolute Gasteiger partial charge is 0.497 e. The minimum atomic E-state index is -2.12. The first-order valence-electron chi connectivity index (χ1n) is 23.8. The molecule has 1 heterocycles. The van der Waals surface area contributed by atoms with Crippen LogP contribution in [-0.2, 0) is 28.6 Å². The van der Waals surface area contributed by atoms with E-state index in [4.69, 9.17) is 30.5 Å². The molecule has 2 unspecified atom stereocenters. The van der Waals surface area contributed by atoms with E-state index in [0.29, 0.717) is 17.9 Å². The van der Waals surface area contributed by atoms with Crippen LogP contribution < -0.4 is 20.0 Å². The molecule has 4 aromatic rings. The smallest absolute Gasteiger partial charge is 0.350 e. The second-order valence-electron chi connectivity index (χ2n) is 18.6. The van der Waals surface area contributed by atoms with Crippen LogP contribution in [0.5, 0.6) is 5.75 Å². The van der Waals surface area contributed by atoms with E-state index in [1.54, 1.807) is 64.1 Å². The van der Waals surface area contributed by atoms with Crippen molar-refractivity contribution >= 4 is 70.2 Å². The highest BCUT2D eigenvalue weighted by molar-refractivity contribution is 6.34. The average molecular weight is 982 g/mol. The second kappa shape index (κ2) is 25.2. The summed E-state index contributed by atoms with van der Waals surface area (Å²) >= 11 is 6.51. The summed E-state index contributed by atoms with van der Waals surface area (Å²) in [5, 5.41) is 4.98. The minimum Gasteiger partial charge on any atom is -0.497 e. The van der Waals surface area contributed by atoms with Gasteiger partial charge in [0.15, 0.2) is 0 Å². The van der Waals surface area contributed by atoms with Crippen LogP contribution in [0.25, 0.3) is 0 Å². The number of Topliss-reactive ketones (excluding diaryl/α,β-unsaturated/α-hetero) is 1. The number of imide groups is 1. The van der Waals surface area contributed by atoms with Crippen molar-refractivity contribution in [1.82, 2.24) is 5.01 Å². The number of hydrazine groups is 1. The predicted octanol–water partition coefficient (Wildman–Crippen LogP) is 10.9. The summed E-state index contributed by atoms with van der Waals surface area (Å²) in [5.74, 6) is -4.57. The number of unbranched alkanes of at least 4 members (excludes halogenated alkanes) is 9. The number of anilines is 3. The van der Waals surface area contributed by atoms with Gasteiger partial charge in [0.1, 0.15) is 17.8 Å². The molecule has 2 atom stereocenters. The van der Waals surface area contributed by atoms with Crippen molar-refractivity contribution < 1.29 is 52.5 Å². The molecular formula is C54H65ClN4O11. The van der Waals surface area contributed by atoms with Crippen molar-refractivity contribution in [1.29, 1.82) is 0 Å². The number of methoxy groups -OCH3 is 1. The summed E-state index contributed by atoms with van der Waals surface area (Å²) in [6.07, 6.45) is 9.15. The van der Waals surface area contributed by atoms with Crippen molar-refractivity contribution in [3.63, 3.8) is 0 Å². The number of nitrogens with one attached hydrogen (secondary N) is 1. The number of hydrogen-bond donors (Lipinski definition) is 1. The lowest BCUT2D eigenvalue weighted by molar-refractivity contribution is -0.157. The summed E-state index contributed by atoms with van der Waals surface area (Å²) in [5.41, 5.74) is -1.93. The van der Waals surface area contributed by atoms with Gasteiger partial charge in [0.05, 0.1) is 58.9 Å². The molecule has 1 fully saturated rings. The maximum Gasteiger partial charge on any atom is 0.350 e. The fraction of sp³-hybridized carbons (Fsp3) is 0.426. The molecule has 4 amide bonds. The van der Waals surface area contributed by atoms with Crippen LogP contribution in [-0.4, -0.2) is 86.6 Å². The highest BCUT2D eigenvalue weighted by Crippen LogP contribution is 2.37. The summed E-state index contributed by atoms with van der Waals surface area (Å²) in [6.45, 7) is 8.74. The number of carbonyl (C=O) groups excluding carboxylic acids is 7. The normalized spacial score (nSPS) is 14.9. The van der Waals surface area contributed by atoms with E-state index >= 15 is 0 Å². The van der Waals surface area contributed by atoms with E-state index < -0.39 is 58.5 Å². The fourth-order valence-corrected chi connectivity index (χ4v) is 7.82. The van der Waals surface area contributed by atoms with Gasteiger partial charge in [-0.2, -0.15) is 5.01 Å². The quantitative estimate of drug-likeness (QED) is 0.0245. The number of halogens is 1. The zero-order valence-electron chi connectivity index (χ0n) is 41.2. The highest BCUT2D eigenvalue weighted by Gasteiger charge is 2.53. The molecule has 16 heteroatoms. The van der Waals surface area contributed by atoms with Crippen LogP contribution in [0.3, 0.4) is 0 Å². The van der Waals surface area contributed by atoms with E-state index in [1.165, 1.54) is 118 Å². The Bertz CT molecular complexity index is 2480. The Balaban J connectivity index is 1.35. The number of para-hydroxylation sites is 2. The number of esters is 3. The molecule has 1 N–H and O–H groups in total. The molecule has 0 saturated carbocycles. The molecule has 1 aliphatic heterocycles. The Labute approximate surface area is 415 Å². The Kier molecular flexibility index (Phi) is 19.5. The number of urea groups is 1. The minimum absolute atomic E-state index is 0.00509. The van der Waals surface area contributed by atoms with E-state index in [-0.39, 0.29) is 52.8 Å². The van der Waals surface area contributed by atoms with Gasteiger partial charge >= 0.3 is 23.9 Å². The molecule has 5 rings (SSSR count). The lowest BCUT2D eigenvalue weighted by Crippen LogP contribution is -2.50. The number of benzene rings is 4. The van der Waals surface area contributed by atoms with E-state index in [0.717, 1.165) is 29.2 Å². The summed E-state index contributed by atoms with van der Waals surface area (Å²) in [4.78, 5) is 98.6. The fourth-order valence-electron chi connectivity index (χ4n) is 7.65. The SMILES string of the molecule is CCCCCCCCCCCCOC(=O)c1ccc(Cl)c(NC(=O)C(OC(=O)c2ccccc2N(C)C(=O)N2C(=O)C(C)(COC(=O)C(C)(C)C)CN2c2ccccc2)C(=O)c2ccc(OC)cc2)c1. The zero-order valence-corrected chi connectivity index (χ0v) is 42.0. The summed E-state index contributed by atoms with van der Waals surface area (Å²) in [7, 11) is 2.80. The second-order valence-corrected chi connectivity index (χ2v) is 19.0. The first-order valence-corrected chi connectivity index (χ1v) is 24.2. The maximum atomic E-state index is 14.6. The summed E-state index contributed by atoms with van der Waals surface area (Å²) < 4.78 is 22.1. The number of ketones is 1. The standard InChI is InChI=1S/C54H65ClN4O11/c1-8-9-10-11-12-13-14-15-16-22-33-68-48(62)38-29-32-42(55)43(34-38)56-47(61)46(45(60)37-27-30-40(67-7)31-28-37)70-49(63)41-25-20-21-26-44(41)57(6)52(66)59-50(64)54(5,36-69-51(65)53(2,3)4)35-58(59)39-23-18-17-19-24-39/h17-21,23-32,34,46H,8-16,22,33,35-36H2,1-7H3,(H,56,61). The Morgan fingerprint density at radius 2 is 1.37 bits per heavy atom. The van der Waals surface area contributed by atoms with Crippen molar-refractivity contribution in [3.05, 3.63) is 119 Å². The number of nitrogens with zero attached hydrogens (tertiary/aromatic N) is 3. The summed E-state index contributed by atoms with van der Waals surface area (Å²) in [6, 6.07) is 23.6. The van der Waals surface area contributed by atoms with E-state index in [2.05, 4.69) is 12.2 Å². The van der Waals surface area contributed by atoms with Crippen LogP contribution in [0.4, 0.5) is 21.9 Å². The van der Waals surface area contributed by atoms with Gasteiger partial charge in [-0.1, -0.05) is 107 Å². The first-order chi connectivity index (χ1) is 33.4. The van der Waals surface area contributed by atoms with Crippen molar-refractivity contribution in [2.45, 2.75) is 105 Å².